The molecule has 2 aromatic rings. The zero-order valence-corrected chi connectivity index (χ0v) is 14.8. The van der Waals surface area contributed by atoms with Crippen LogP contribution in [0.1, 0.15) is 17.7 Å². The predicted molar refractivity (Wildman–Crippen MR) is 95.6 cm³/mol. The average Bonchev–Trinajstić information content (AvgIpc) is 3.33. The van der Waals surface area contributed by atoms with Gasteiger partial charge in [-0.05, 0) is 18.6 Å². The Labute approximate surface area is 156 Å². The van der Waals surface area contributed by atoms with E-state index < -0.39 is 5.92 Å². The zero-order valence-electron chi connectivity index (χ0n) is 14.8. The van der Waals surface area contributed by atoms with Crippen LogP contribution in [0.25, 0.3) is 0 Å². The third-order valence-corrected chi connectivity index (χ3v) is 5.45. The van der Waals surface area contributed by atoms with E-state index in [0.29, 0.717) is 50.8 Å². The Morgan fingerprint density at radius 3 is 2.93 bits per heavy atom. The zero-order chi connectivity index (χ0) is 18.4. The monoisotopic (exact) mass is 368 g/mol. The highest BCUT2D eigenvalue weighted by Crippen LogP contribution is 2.36. The number of benzene rings is 1. The van der Waals surface area contributed by atoms with Crippen molar-refractivity contribution in [2.24, 2.45) is 5.92 Å². The first kappa shape index (κ1) is 16.2. The van der Waals surface area contributed by atoms with Crippen molar-refractivity contribution in [3.05, 3.63) is 35.7 Å². The number of ether oxygens (including phenoxy) is 2. The van der Waals surface area contributed by atoms with E-state index in [0.717, 1.165) is 23.4 Å². The quantitative estimate of drug-likeness (QED) is 0.803. The van der Waals surface area contributed by atoms with Gasteiger partial charge in [0.1, 0.15) is 19.1 Å². The summed E-state index contributed by atoms with van der Waals surface area (Å²) in [6.07, 6.45) is 3.03. The maximum absolute atomic E-state index is 13.0. The van der Waals surface area contributed by atoms with Gasteiger partial charge in [0.2, 0.25) is 11.8 Å². The van der Waals surface area contributed by atoms with Crippen LogP contribution in [0.3, 0.4) is 0 Å². The number of amides is 2. The lowest BCUT2D eigenvalue weighted by Gasteiger charge is -2.28. The molecule has 1 unspecified atom stereocenters. The molecule has 1 N–H and O–H groups in total. The molecule has 1 atom stereocenters. The molecule has 0 bridgehead atoms. The second-order valence-corrected chi connectivity index (χ2v) is 7.04. The normalized spacial score (nSPS) is 21.3. The Bertz CT molecular complexity index is 909. The van der Waals surface area contributed by atoms with E-state index in [-0.39, 0.29) is 11.8 Å². The van der Waals surface area contributed by atoms with Gasteiger partial charge >= 0.3 is 0 Å². The molecule has 0 aliphatic carbocycles. The molecular weight excluding hydrogens is 348 g/mol. The number of aromatic nitrogens is 2. The molecule has 0 spiro atoms. The van der Waals surface area contributed by atoms with Crippen LogP contribution in [0.15, 0.2) is 24.4 Å². The summed E-state index contributed by atoms with van der Waals surface area (Å²) in [4.78, 5) is 29.3. The SMILES string of the molecule is O=C(C1CCN(c2ccc3c(c2)OCCO3)C1=O)N1CCc2[nH]ncc2C1. The number of carbonyl (C=O) groups excluding carboxylic acids is 2. The van der Waals surface area contributed by atoms with Gasteiger partial charge in [-0.1, -0.05) is 0 Å². The maximum atomic E-state index is 13.0. The first-order chi connectivity index (χ1) is 13.2. The topological polar surface area (TPSA) is 87.8 Å². The van der Waals surface area contributed by atoms with Crippen LogP contribution >= 0.6 is 0 Å². The van der Waals surface area contributed by atoms with Crippen LogP contribution in [0.2, 0.25) is 0 Å². The highest BCUT2D eigenvalue weighted by molar-refractivity contribution is 6.09. The van der Waals surface area contributed by atoms with Gasteiger partial charge in [0.05, 0.1) is 6.20 Å². The molecule has 8 nitrogen and oxygen atoms in total. The number of aromatic amines is 1. The average molecular weight is 368 g/mol. The van der Waals surface area contributed by atoms with Crippen LogP contribution < -0.4 is 14.4 Å². The second-order valence-electron chi connectivity index (χ2n) is 7.04. The van der Waals surface area contributed by atoms with Gasteiger partial charge in [0.15, 0.2) is 11.5 Å². The van der Waals surface area contributed by atoms with E-state index >= 15 is 0 Å². The number of H-pyrrole nitrogens is 1. The number of hydrogen-bond acceptors (Lipinski definition) is 5. The smallest absolute Gasteiger partial charge is 0.239 e. The van der Waals surface area contributed by atoms with Crippen molar-refractivity contribution in [3.8, 4) is 11.5 Å². The molecule has 4 heterocycles. The van der Waals surface area contributed by atoms with Crippen LogP contribution in [-0.4, -0.2) is 53.2 Å². The fraction of sp³-hybridized carbons (Fsp3) is 0.421. The maximum Gasteiger partial charge on any atom is 0.239 e. The first-order valence-corrected chi connectivity index (χ1v) is 9.21. The molecular formula is C19H20N4O4. The van der Waals surface area contributed by atoms with Crippen molar-refractivity contribution in [3.63, 3.8) is 0 Å². The molecule has 5 rings (SSSR count). The van der Waals surface area contributed by atoms with E-state index in [9.17, 15) is 9.59 Å². The Balaban J connectivity index is 1.32. The summed E-state index contributed by atoms with van der Waals surface area (Å²) in [6.45, 7) is 2.68. The molecule has 3 aliphatic rings. The minimum atomic E-state index is -0.619. The molecule has 1 aromatic carbocycles. The Kier molecular flexibility index (Phi) is 3.77. The van der Waals surface area contributed by atoms with Crippen LogP contribution in [0.5, 0.6) is 11.5 Å². The highest BCUT2D eigenvalue weighted by Gasteiger charge is 2.40. The molecule has 2 amide bonds. The summed E-state index contributed by atoms with van der Waals surface area (Å²) >= 11 is 0. The summed E-state index contributed by atoms with van der Waals surface area (Å²) < 4.78 is 11.1. The Hall–Kier alpha value is -3.03. The van der Waals surface area contributed by atoms with Gasteiger partial charge in [-0.3, -0.25) is 14.7 Å². The van der Waals surface area contributed by atoms with Gasteiger partial charge < -0.3 is 19.3 Å². The number of carbonyl (C=O) groups is 2. The lowest BCUT2D eigenvalue weighted by Crippen LogP contribution is -2.42. The molecule has 140 valence electrons. The second kappa shape index (κ2) is 6.29. The van der Waals surface area contributed by atoms with E-state index in [4.69, 9.17) is 9.47 Å². The third kappa shape index (κ3) is 2.72. The summed E-state index contributed by atoms with van der Waals surface area (Å²) in [7, 11) is 0. The van der Waals surface area contributed by atoms with Gasteiger partial charge in [0, 0.05) is 49.1 Å². The summed E-state index contributed by atoms with van der Waals surface area (Å²) in [6, 6.07) is 5.48. The molecule has 1 fully saturated rings. The van der Waals surface area contributed by atoms with Crippen LogP contribution in [-0.2, 0) is 22.6 Å². The molecule has 8 heteroatoms. The Morgan fingerprint density at radius 2 is 2.04 bits per heavy atom. The summed E-state index contributed by atoms with van der Waals surface area (Å²) in [5, 5.41) is 7.00. The number of rotatable bonds is 2. The highest BCUT2D eigenvalue weighted by atomic mass is 16.6. The van der Waals surface area contributed by atoms with Crippen molar-refractivity contribution in [2.75, 3.05) is 31.2 Å². The van der Waals surface area contributed by atoms with Crippen molar-refractivity contribution >= 4 is 17.5 Å². The van der Waals surface area contributed by atoms with E-state index in [2.05, 4.69) is 10.2 Å². The minimum absolute atomic E-state index is 0.0908. The largest absolute Gasteiger partial charge is 0.486 e. The first-order valence-electron chi connectivity index (χ1n) is 9.21. The summed E-state index contributed by atoms with van der Waals surface area (Å²) in [5.41, 5.74) is 2.86. The number of nitrogens with one attached hydrogen (secondary N) is 1. The van der Waals surface area contributed by atoms with Crippen molar-refractivity contribution in [1.82, 2.24) is 15.1 Å². The predicted octanol–water partition coefficient (Wildman–Crippen LogP) is 1.12. The van der Waals surface area contributed by atoms with Gasteiger partial charge in [-0.25, -0.2) is 0 Å². The molecule has 1 aromatic heterocycles. The molecule has 3 aliphatic heterocycles. The number of nitrogens with zero attached hydrogens (tertiary/aromatic N) is 3. The van der Waals surface area contributed by atoms with E-state index in [1.54, 1.807) is 16.0 Å². The molecule has 0 saturated carbocycles. The van der Waals surface area contributed by atoms with Gasteiger partial charge in [0.25, 0.3) is 0 Å². The van der Waals surface area contributed by atoms with Gasteiger partial charge in [-0.2, -0.15) is 5.10 Å². The van der Waals surface area contributed by atoms with Crippen LogP contribution in [0.4, 0.5) is 5.69 Å². The Morgan fingerprint density at radius 1 is 1.19 bits per heavy atom. The fourth-order valence-electron chi connectivity index (χ4n) is 4.00. The van der Waals surface area contributed by atoms with Crippen molar-refractivity contribution < 1.29 is 19.1 Å². The van der Waals surface area contributed by atoms with Crippen molar-refractivity contribution in [2.45, 2.75) is 19.4 Å². The lowest BCUT2D eigenvalue weighted by atomic mass is 10.0. The fourth-order valence-corrected chi connectivity index (χ4v) is 4.00. The molecule has 0 radical (unpaired) electrons. The number of anilines is 1. The van der Waals surface area contributed by atoms with E-state index in [1.165, 1.54) is 0 Å². The third-order valence-electron chi connectivity index (χ3n) is 5.45. The van der Waals surface area contributed by atoms with Crippen molar-refractivity contribution in [1.29, 1.82) is 0 Å². The standard InChI is InChI=1S/C19H20N4O4/c24-18(22-5-4-15-12(11-22)10-20-21-15)14-3-6-23(19(14)25)13-1-2-16-17(9-13)27-8-7-26-16/h1-2,9-10,14H,3-8,11H2,(H,20,21). The number of hydrogen-bond donors (Lipinski definition) is 1. The van der Waals surface area contributed by atoms with E-state index in [1.807, 2.05) is 18.2 Å². The summed E-state index contributed by atoms with van der Waals surface area (Å²) in [5.74, 6) is 0.478. The van der Waals surface area contributed by atoms with Crippen LogP contribution in [0, 0.1) is 5.92 Å². The molecule has 27 heavy (non-hydrogen) atoms. The lowest BCUT2D eigenvalue weighted by molar-refractivity contribution is -0.140. The van der Waals surface area contributed by atoms with Gasteiger partial charge in [-0.15, -0.1) is 0 Å². The number of fused-ring (bicyclic) bond motifs is 2. The molecule has 1 saturated heterocycles. The minimum Gasteiger partial charge on any atom is -0.486 e.